The van der Waals surface area contributed by atoms with Gasteiger partial charge in [0.25, 0.3) is 0 Å². The van der Waals surface area contributed by atoms with Crippen molar-refractivity contribution in [3.8, 4) is 11.5 Å². The summed E-state index contributed by atoms with van der Waals surface area (Å²) in [7, 11) is 1.94. The maximum atomic E-state index is 6.07. The lowest BCUT2D eigenvalue weighted by molar-refractivity contribution is 0.473. The van der Waals surface area contributed by atoms with E-state index in [2.05, 4.69) is 66.3 Å². The zero-order valence-corrected chi connectivity index (χ0v) is 14.0. The first kappa shape index (κ1) is 15.1. The van der Waals surface area contributed by atoms with Gasteiger partial charge >= 0.3 is 0 Å². The van der Waals surface area contributed by atoms with Gasteiger partial charge in [-0.2, -0.15) is 0 Å². The van der Waals surface area contributed by atoms with Gasteiger partial charge in [0.15, 0.2) is 0 Å². The molecule has 0 aromatic heterocycles. The number of hydrogen-bond acceptors (Lipinski definition) is 2. The molecule has 0 aliphatic heterocycles. The van der Waals surface area contributed by atoms with E-state index in [1.54, 1.807) is 0 Å². The Labute approximate surface area is 129 Å². The number of ether oxygens (including phenoxy) is 1. The predicted molar refractivity (Wildman–Crippen MR) is 87.6 cm³/mol. The van der Waals surface area contributed by atoms with Gasteiger partial charge in [-0.25, -0.2) is 0 Å². The molecule has 0 atom stereocenters. The molecule has 0 heterocycles. The van der Waals surface area contributed by atoms with Gasteiger partial charge in [-0.1, -0.05) is 33.6 Å². The molecule has 0 unspecified atom stereocenters. The van der Waals surface area contributed by atoms with Crippen LogP contribution in [0.25, 0.3) is 0 Å². The summed E-state index contributed by atoms with van der Waals surface area (Å²) in [6.45, 7) is 7.05. The molecule has 0 aliphatic rings. The van der Waals surface area contributed by atoms with Gasteiger partial charge in [0.05, 0.1) is 0 Å². The van der Waals surface area contributed by atoms with Crippen LogP contribution in [0.4, 0.5) is 0 Å². The van der Waals surface area contributed by atoms with Crippen LogP contribution < -0.4 is 10.1 Å². The Balaban J connectivity index is 2.34. The first-order valence-corrected chi connectivity index (χ1v) is 7.49. The molecule has 1 N–H and O–H groups in total. The van der Waals surface area contributed by atoms with E-state index in [1.807, 2.05) is 13.1 Å². The second-order valence-electron chi connectivity index (χ2n) is 5.11. The third kappa shape index (κ3) is 3.41. The van der Waals surface area contributed by atoms with Crippen LogP contribution in [0.3, 0.4) is 0 Å². The van der Waals surface area contributed by atoms with E-state index >= 15 is 0 Å². The van der Waals surface area contributed by atoms with E-state index in [-0.39, 0.29) is 0 Å². The van der Waals surface area contributed by atoms with Gasteiger partial charge in [-0.15, -0.1) is 0 Å². The number of hydrogen-bond donors (Lipinski definition) is 1. The van der Waals surface area contributed by atoms with Crippen molar-refractivity contribution in [3.05, 3.63) is 57.1 Å². The van der Waals surface area contributed by atoms with E-state index in [1.165, 1.54) is 22.3 Å². The average molecular weight is 334 g/mol. The van der Waals surface area contributed by atoms with Crippen molar-refractivity contribution < 1.29 is 4.74 Å². The maximum Gasteiger partial charge on any atom is 0.131 e. The summed E-state index contributed by atoms with van der Waals surface area (Å²) >= 11 is 3.58. The number of rotatable bonds is 4. The van der Waals surface area contributed by atoms with Crippen LogP contribution >= 0.6 is 15.9 Å². The molecule has 2 rings (SSSR count). The van der Waals surface area contributed by atoms with Crippen molar-refractivity contribution >= 4 is 15.9 Å². The van der Waals surface area contributed by atoms with E-state index in [4.69, 9.17) is 4.74 Å². The molecular formula is C17H20BrNO. The molecule has 0 bridgehead atoms. The standard InChI is InChI=1S/C17H20BrNO/c1-11-5-6-16(14(7-11)10-19-4)20-15-8-12(2)17(18)13(3)9-15/h5-9,19H,10H2,1-4H3. The molecule has 0 radical (unpaired) electrons. The second kappa shape index (κ2) is 6.42. The Morgan fingerprint density at radius 1 is 1.05 bits per heavy atom. The molecule has 3 heteroatoms. The maximum absolute atomic E-state index is 6.07. The molecule has 0 aliphatic carbocycles. The third-order valence-electron chi connectivity index (χ3n) is 3.22. The first-order valence-electron chi connectivity index (χ1n) is 6.70. The molecule has 106 valence electrons. The Bertz CT molecular complexity index is 599. The molecule has 2 nitrogen and oxygen atoms in total. The van der Waals surface area contributed by atoms with Crippen LogP contribution in [-0.4, -0.2) is 7.05 Å². The summed E-state index contributed by atoms with van der Waals surface area (Å²) in [4.78, 5) is 0. The molecule has 0 saturated carbocycles. The van der Waals surface area contributed by atoms with Gasteiger partial charge in [-0.05, 0) is 57.1 Å². The van der Waals surface area contributed by atoms with Crippen molar-refractivity contribution in [3.63, 3.8) is 0 Å². The lowest BCUT2D eigenvalue weighted by Crippen LogP contribution is -2.06. The van der Waals surface area contributed by atoms with Crippen LogP contribution in [0, 0.1) is 20.8 Å². The largest absolute Gasteiger partial charge is 0.457 e. The van der Waals surface area contributed by atoms with E-state index in [0.717, 1.165) is 22.5 Å². The molecule has 0 amide bonds. The summed E-state index contributed by atoms with van der Waals surface area (Å²) < 4.78 is 7.22. The minimum absolute atomic E-state index is 0.797. The van der Waals surface area contributed by atoms with Crippen LogP contribution in [0.1, 0.15) is 22.3 Å². The summed E-state index contributed by atoms with van der Waals surface area (Å²) in [5, 5.41) is 3.18. The van der Waals surface area contributed by atoms with E-state index in [9.17, 15) is 0 Å². The number of halogens is 1. The van der Waals surface area contributed by atoms with Crippen molar-refractivity contribution in [2.24, 2.45) is 0 Å². The van der Waals surface area contributed by atoms with Gasteiger partial charge < -0.3 is 10.1 Å². The summed E-state index contributed by atoms with van der Waals surface area (Å²) in [6, 6.07) is 10.4. The fourth-order valence-electron chi connectivity index (χ4n) is 2.23. The Morgan fingerprint density at radius 2 is 1.70 bits per heavy atom. The van der Waals surface area contributed by atoms with Crippen molar-refractivity contribution in [1.82, 2.24) is 5.32 Å². The monoisotopic (exact) mass is 333 g/mol. The minimum atomic E-state index is 0.797. The molecule has 2 aromatic carbocycles. The smallest absolute Gasteiger partial charge is 0.131 e. The zero-order chi connectivity index (χ0) is 14.7. The molecule has 0 spiro atoms. The first-order chi connectivity index (χ1) is 9.51. The van der Waals surface area contributed by atoms with E-state index < -0.39 is 0 Å². The van der Waals surface area contributed by atoms with Gasteiger partial charge in [-0.3, -0.25) is 0 Å². The average Bonchev–Trinajstić information content (AvgIpc) is 2.39. The Morgan fingerprint density at radius 3 is 2.30 bits per heavy atom. The van der Waals surface area contributed by atoms with Crippen molar-refractivity contribution in [2.45, 2.75) is 27.3 Å². The molecule has 0 fully saturated rings. The predicted octanol–water partition coefficient (Wildman–Crippen LogP) is 4.89. The zero-order valence-electron chi connectivity index (χ0n) is 12.4. The summed E-state index contributed by atoms with van der Waals surface area (Å²) in [5.41, 5.74) is 4.78. The number of aryl methyl sites for hydroxylation is 3. The highest BCUT2D eigenvalue weighted by Gasteiger charge is 2.08. The quantitative estimate of drug-likeness (QED) is 0.860. The molecule has 20 heavy (non-hydrogen) atoms. The fraction of sp³-hybridized carbons (Fsp3) is 0.294. The number of benzene rings is 2. The van der Waals surface area contributed by atoms with Gasteiger partial charge in [0.2, 0.25) is 0 Å². The second-order valence-corrected chi connectivity index (χ2v) is 5.91. The topological polar surface area (TPSA) is 21.3 Å². The summed E-state index contributed by atoms with van der Waals surface area (Å²) in [5.74, 6) is 1.79. The van der Waals surface area contributed by atoms with E-state index in [0.29, 0.717) is 0 Å². The van der Waals surface area contributed by atoms with Crippen LogP contribution in [0.2, 0.25) is 0 Å². The van der Waals surface area contributed by atoms with Gasteiger partial charge in [0.1, 0.15) is 11.5 Å². The summed E-state index contributed by atoms with van der Waals surface area (Å²) in [6.07, 6.45) is 0. The normalized spacial score (nSPS) is 10.7. The third-order valence-corrected chi connectivity index (χ3v) is 4.47. The fourth-order valence-corrected chi connectivity index (χ4v) is 2.46. The van der Waals surface area contributed by atoms with Crippen molar-refractivity contribution in [1.29, 1.82) is 0 Å². The lowest BCUT2D eigenvalue weighted by Gasteiger charge is -2.14. The van der Waals surface area contributed by atoms with Gasteiger partial charge in [0, 0.05) is 16.6 Å². The molecule has 2 aromatic rings. The van der Waals surface area contributed by atoms with Crippen LogP contribution in [-0.2, 0) is 6.54 Å². The molecule has 0 saturated heterocycles. The highest BCUT2D eigenvalue weighted by molar-refractivity contribution is 9.10. The molecular weight excluding hydrogens is 314 g/mol. The van der Waals surface area contributed by atoms with Crippen LogP contribution in [0.15, 0.2) is 34.8 Å². The lowest BCUT2D eigenvalue weighted by atomic mass is 10.1. The highest BCUT2D eigenvalue weighted by Crippen LogP contribution is 2.31. The SMILES string of the molecule is CNCc1cc(C)ccc1Oc1cc(C)c(Br)c(C)c1. The van der Waals surface area contributed by atoms with Crippen molar-refractivity contribution in [2.75, 3.05) is 7.05 Å². The number of nitrogens with one attached hydrogen (secondary N) is 1. The van der Waals surface area contributed by atoms with Crippen LogP contribution in [0.5, 0.6) is 11.5 Å². The highest BCUT2D eigenvalue weighted by atomic mass is 79.9. The Hall–Kier alpha value is -1.32. The minimum Gasteiger partial charge on any atom is -0.457 e. The Kier molecular flexibility index (Phi) is 4.84.